The van der Waals surface area contributed by atoms with Crippen LogP contribution in [0.25, 0.3) is 21.1 Å². The van der Waals surface area contributed by atoms with Crippen LogP contribution in [0.2, 0.25) is 0 Å². The number of nitrogens with zero attached hydrogens (tertiary/aromatic N) is 2. The van der Waals surface area contributed by atoms with Gasteiger partial charge in [-0.25, -0.2) is 4.98 Å². The van der Waals surface area contributed by atoms with E-state index >= 15 is 0 Å². The second-order valence-electron chi connectivity index (χ2n) is 5.67. The quantitative estimate of drug-likeness (QED) is 0.565. The number of thiazole rings is 1. The molecule has 0 radical (unpaired) electrons. The van der Waals surface area contributed by atoms with Crippen LogP contribution in [0.4, 0.5) is 5.13 Å². The number of aryl methyl sites for hydroxylation is 1. The molecule has 0 saturated carbocycles. The molecule has 2 aromatic heterocycles. The molecule has 0 atom stereocenters. The molecular formula is C19H19N3S. The van der Waals surface area contributed by atoms with Crippen LogP contribution >= 0.6 is 11.3 Å². The maximum atomic E-state index is 4.67. The third kappa shape index (κ3) is 2.82. The van der Waals surface area contributed by atoms with Gasteiger partial charge in [0.2, 0.25) is 0 Å². The van der Waals surface area contributed by atoms with Crippen molar-refractivity contribution < 1.29 is 0 Å². The molecule has 4 rings (SSSR count). The molecule has 0 aliphatic heterocycles. The Labute approximate surface area is 139 Å². The highest BCUT2D eigenvalue weighted by Crippen LogP contribution is 2.27. The summed E-state index contributed by atoms with van der Waals surface area (Å²) in [7, 11) is 0. The number of hydrogen-bond donors (Lipinski definition) is 1. The lowest BCUT2D eigenvalue weighted by Gasteiger charge is -2.06. The number of hydrogen-bond acceptors (Lipinski definition) is 3. The van der Waals surface area contributed by atoms with Gasteiger partial charge in [-0.2, -0.15) is 0 Å². The molecule has 116 valence electrons. The number of rotatable bonds is 5. The Hall–Kier alpha value is -2.33. The molecule has 0 fully saturated rings. The Bertz CT molecular complexity index is 951. The van der Waals surface area contributed by atoms with Gasteiger partial charge < -0.3 is 9.88 Å². The predicted octanol–water partition coefficient (Wildman–Crippen LogP) is 4.93. The Morgan fingerprint density at radius 3 is 2.96 bits per heavy atom. The molecule has 0 bridgehead atoms. The van der Waals surface area contributed by atoms with E-state index in [1.165, 1.54) is 21.2 Å². The molecule has 23 heavy (non-hydrogen) atoms. The maximum absolute atomic E-state index is 4.67. The average molecular weight is 321 g/mol. The van der Waals surface area contributed by atoms with Gasteiger partial charge in [0.25, 0.3) is 0 Å². The predicted molar refractivity (Wildman–Crippen MR) is 99.4 cm³/mol. The number of anilines is 1. The van der Waals surface area contributed by atoms with E-state index in [2.05, 4.69) is 76.5 Å². The smallest absolute Gasteiger partial charge is 0.183 e. The fourth-order valence-electron chi connectivity index (χ4n) is 2.88. The van der Waals surface area contributed by atoms with Gasteiger partial charge in [0, 0.05) is 24.8 Å². The normalized spacial score (nSPS) is 11.3. The Balaban J connectivity index is 1.46. The second-order valence-corrected chi connectivity index (χ2v) is 6.70. The van der Waals surface area contributed by atoms with Gasteiger partial charge in [-0.3, -0.25) is 0 Å². The number of fused-ring (bicyclic) bond motifs is 2. The van der Waals surface area contributed by atoms with E-state index in [-0.39, 0.29) is 0 Å². The van der Waals surface area contributed by atoms with Gasteiger partial charge in [-0.05, 0) is 41.6 Å². The molecule has 0 saturated heterocycles. The van der Waals surface area contributed by atoms with Crippen molar-refractivity contribution in [1.29, 1.82) is 0 Å². The highest BCUT2D eigenvalue weighted by molar-refractivity contribution is 7.22. The minimum absolute atomic E-state index is 0.874. The van der Waals surface area contributed by atoms with E-state index < -0.39 is 0 Å². The second kappa shape index (κ2) is 6.05. The Kier molecular flexibility index (Phi) is 3.75. The van der Waals surface area contributed by atoms with Gasteiger partial charge in [0.15, 0.2) is 5.13 Å². The summed E-state index contributed by atoms with van der Waals surface area (Å²) in [5.41, 5.74) is 3.74. The molecule has 0 amide bonds. The van der Waals surface area contributed by atoms with Crippen LogP contribution in [0.5, 0.6) is 0 Å². The largest absolute Gasteiger partial charge is 0.360 e. The van der Waals surface area contributed by atoms with Crippen LogP contribution in [-0.2, 0) is 13.0 Å². The molecular weight excluding hydrogens is 302 g/mol. The van der Waals surface area contributed by atoms with Gasteiger partial charge in [0.1, 0.15) is 0 Å². The zero-order chi connectivity index (χ0) is 15.6. The lowest BCUT2D eigenvalue weighted by Crippen LogP contribution is -2.09. The van der Waals surface area contributed by atoms with E-state index in [0.29, 0.717) is 0 Å². The summed E-state index contributed by atoms with van der Waals surface area (Å²) in [4.78, 5) is 4.67. The molecule has 0 unspecified atom stereocenters. The first-order valence-corrected chi connectivity index (χ1v) is 8.82. The van der Waals surface area contributed by atoms with Gasteiger partial charge >= 0.3 is 0 Å². The molecule has 4 heteroatoms. The zero-order valence-corrected chi connectivity index (χ0v) is 13.9. The minimum atomic E-state index is 0.874. The van der Waals surface area contributed by atoms with Gasteiger partial charge in [-0.1, -0.05) is 42.5 Å². The average Bonchev–Trinajstić information content (AvgIpc) is 3.18. The van der Waals surface area contributed by atoms with Gasteiger partial charge in [-0.15, -0.1) is 0 Å². The summed E-state index contributed by atoms with van der Waals surface area (Å²) < 4.78 is 3.54. The lowest BCUT2D eigenvalue weighted by molar-refractivity contribution is 0.757. The van der Waals surface area contributed by atoms with Crippen molar-refractivity contribution in [3.63, 3.8) is 0 Å². The first kappa shape index (κ1) is 14.3. The van der Waals surface area contributed by atoms with Crippen molar-refractivity contribution in [2.45, 2.75) is 19.9 Å². The minimum Gasteiger partial charge on any atom is -0.360 e. The highest BCUT2D eigenvalue weighted by Gasteiger charge is 2.05. The molecule has 4 aromatic rings. The summed E-state index contributed by atoms with van der Waals surface area (Å²) in [6.45, 7) is 3.99. The summed E-state index contributed by atoms with van der Waals surface area (Å²) in [5, 5.41) is 5.76. The van der Waals surface area contributed by atoms with Crippen LogP contribution in [0.1, 0.15) is 12.5 Å². The summed E-state index contributed by atoms with van der Waals surface area (Å²) >= 11 is 1.74. The van der Waals surface area contributed by atoms with Crippen LogP contribution in [-0.4, -0.2) is 16.1 Å². The van der Waals surface area contributed by atoms with E-state index in [9.17, 15) is 0 Å². The third-order valence-corrected chi connectivity index (χ3v) is 5.15. The number of aromatic nitrogens is 2. The SMILES string of the molecule is CCc1ccc2nc(NCCn3ccc4ccccc43)sc2c1. The van der Waals surface area contributed by atoms with Crippen molar-refractivity contribution in [1.82, 2.24) is 9.55 Å². The van der Waals surface area contributed by atoms with Crippen LogP contribution in [0.15, 0.2) is 54.7 Å². The van der Waals surface area contributed by atoms with E-state index in [4.69, 9.17) is 0 Å². The molecule has 0 spiro atoms. The fourth-order valence-corrected chi connectivity index (χ4v) is 3.84. The Morgan fingerprint density at radius 1 is 1.13 bits per heavy atom. The monoisotopic (exact) mass is 321 g/mol. The number of para-hydroxylation sites is 1. The molecule has 1 N–H and O–H groups in total. The molecule has 0 aliphatic rings. The van der Waals surface area contributed by atoms with E-state index in [1.807, 2.05) is 0 Å². The Morgan fingerprint density at radius 2 is 2.04 bits per heavy atom. The number of nitrogens with one attached hydrogen (secondary N) is 1. The molecule has 0 aliphatic carbocycles. The summed E-state index contributed by atoms with van der Waals surface area (Å²) in [6, 6.07) is 17.2. The first-order chi connectivity index (χ1) is 11.3. The molecule has 3 nitrogen and oxygen atoms in total. The lowest BCUT2D eigenvalue weighted by atomic mass is 10.2. The first-order valence-electron chi connectivity index (χ1n) is 8.01. The zero-order valence-electron chi connectivity index (χ0n) is 13.1. The number of benzene rings is 2. The van der Waals surface area contributed by atoms with Crippen LogP contribution in [0.3, 0.4) is 0 Å². The highest BCUT2D eigenvalue weighted by atomic mass is 32.1. The summed E-state index contributed by atoms with van der Waals surface area (Å²) in [5.74, 6) is 0. The van der Waals surface area contributed by atoms with Crippen molar-refractivity contribution in [2.24, 2.45) is 0 Å². The van der Waals surface area contributed by atoms with Crippen LogP contribution < -0.4 is 5.32 Å². The standard InChI is InChI=1S/C19H19N3S/c1-2-14-7-8-16-18(13-14)23-19(21-16)20-10-12-22-11-9-15-5-3-4-6-17(15)22/h3-9,11,13H,2,10,12H2,1H3,(H,20,21). The van der Waals surface area contributed by atoms with Gasteiger partial charge in [0.05, 0.1) is 10.2 Å². The van der Waals surface area contributed by atoms with Crippen molar-refractivity contribution in [3.05, 3.63) is 60.3 Å². The fraction of sp³-hybridized carbons (Fsp3) is 0.211. The third-order valence-electron chi connectivity index (χ3n) is 4.17. The molecule has 2 aromatic carbocycles. The molecule has 2 heterocycles. The van der Waals surface area contributed by atoms with Crippen LogP contribution in [0, 0.1) is 0 Å². The van der Waals surface area contributed by atoms with Crippen molar-refractivity contribution in [3.8, 4) is 0 Å². The van der Waals surface area contributed by atoms with Crippen molar-refractivity contribution in [2.75, 3.05) is 11.9 Å². The maximum Gasteiger partial charge on any atom is 0.183 e. The topological polar surface area (TPSA) is 29.9 Å². The van der Waals surface area contributed by atoms with E-state index in [1.54, 1.807) is 11.3 Å². The summed E-state index contributed by atoms with van der Waals surface area (Å²) in [6.07, 6.45) is 3.22. The van der Waals surface area contributed by atoms with Crippen molar-refractivity contribution >= 4 is 37.6 Å². The van der Waals surface area contributed by atoms with E-state index in [0.717, 1.165) is 30.2 Å².